The highest BCUT2D eigenvalue weighted by atomic mass is 19.4. The molecule has 0 unspecified atom stereocenters. The number of nitrogens with one attached hydrogen (secondary N) is 2. The number of benzene rings is 2. The van der Waals surface area contributed by atoms with Crippen molar-refractivity contribution in [1.29, 1.82) is 16.1 Å². The van der Waals surface area contributed by atoms with Crippen molar-refractivity contribution in [3.63, 3.8) is 0 Å². The van der Waals surface area contributed by atoms with Crippen LogP contribution in [-0.2, 0) is 14.3 Å². The van der Waals surface area contributed by atoms with Crippen LogP contribution in [0.5, 0.6) is 17.2 Å². The van der Waals surface area contributed by atoms with Gasteiger partial charge in [-0.2, -0.15) is 31.6 Å². The van der Waals surface area contributed by atoms with E-state index in [1.807, 2.05) is 11.0 Å². The van der Waals surface area contributed by atoms with Crippen molar-refractivity contribution in [3.8, 4) is 23.3 Å². The number of amidine groups is 2. The molecule has 0 aromatic heterocycles. The maximum Gasteiger partial charge on any atom is 0.490 e. The van der Waals surface area contributed by atoms with Gasteiger partial charge in [0.05, 0.1) is 11.4 Å². The number of carboxylic acids is 2. The van der Waals surface area contributed by atoms with Crippen LogP contribution in [0.15, 0.2) is 42.5 Å². The molecule has 1 saturated heterocycles. The Labute approximate surface area is 274 Å². The van der Waals surface area contributed by atoms with Gasteiger partial charge in [-0.25, -0.2) is 14.4 Å². The monoisotopic (exact) mass is 707 g/mol. The van der Waals surface area contributed by atoms with Crippen molar-refractivity contribution in [2.45, 2.75) is 38.2 Å². The number of alkyl halides is 6. The lowest BCUT2D eigenvalue weighted by atomic mass is 10.1. The Bertz CT molecular complexity index is 1460. The van der Waals surface area contributed by atoms with E-state index in [0.717, 1.165) is 25.9 Å². The number of likely N-dealkylation sites (tertiary alicyclic amines) is 1. The van der Waals surface area contributed by atoms with Crippen LogP contribution in [0.1, 0.15) is 35.7 Å². The number of nitriles is 1. The number of hydrogen-bond acceptors (Lipinski definition) is 10. The average molecular weight is 708 g/mol. The van der Waals surface area contributed by atoms with E-state index in [1.165, 1.54) is 6.07 Å². The smallest absolute Gasteiger partial charge is 0.490 e. The molecule has 0 aliphatic carbocycles. The number of nitrogens with zero attached hydrogens (tertiary/aromatic N) is 2. The lowest BCUT2D eigenvalue weighted by Crippen LogP contribution is -2.40. The number of carbonyl (C=O) groups excluding carboxylic acids is 1. The maximum absolute atomic E-state index is 12.4. The summed E-state index contributed by atoms with van der Waals surface area (Å²) in [7, 11) is 0. The summed E-state index contributed by atoms with van der Waals surface area (Å²) >= 11 is 0. The van der Waals surface area contributed by atoms with Gasteiger partial charge < -0.3 is 39.8 Å². The quantitative estimate of drug-likeness (QED) is 0.0769. The molecule has 0 bridgehead atoms. The molecular formula is C29H31F6N5O9. The zero-order valence-corrected chi connectivity index (χ0v) is 25.6. The third kappa shape index (κ3) is 15.6. The second-order valence-electron chi connectivity index (χ2n) is 9.53. The molecule has 3 rings (SSSR count). The largest absolute Gasteiger partial charge is 0.490 e. The molecule has 0 amide bonds. The van der Waals surface area contributed by atoms with Crippen molar-refractivity contribution in [3.05, 3.63) is 53.6 Å². The van der Waals surface area contributed by atoms with Crippen LogP contribution in [0, 0.1) is 22.1 Å². The molecule has 49 heavy (non-hydrogen) atoms. The van der Waals surface area contributed by atoms with Crippen molar-refractivity contribution in [2.24, 2.45) is 5.73 Å². The van der Waals surface area contributed by atoms with Crippen LogP contribution >= 0.6 is 0 Å². The third-order valence-electron chi connectivity index (χ3n) is 5.92. The number of ether oxygens (including phenoxy) is 4. The van der Waals surface area contributed by atoms with E-state index in [4.69, 9.17) is 60.6 Å². The number of rotatable bonds is 10. The molecule has 1 aliphatic heterocycles. The van der Waals surface area contributed by atoms with Crippen LogP contribution in [0.25, 0.3) is 0 Å². The molecule has 20 heteroatoms. The van der Waals surface area contributed by atoms with E-state index in [9.17, 15) is 31.1 Å². The maximum atomic E-state index is 12.4. The number of nitrogen functional groups attached to an aromatic ring is 1. The first-order valence-corrected chi connectivity index (χ1v) is 13.7. The molecule has 0 saturated carbocycles. The predicted octanol–water partition coefficient (Wildman–Crippen LogP) is 4.22. The highest BCUT2D eigenvalue weighted by Gasteiger charge is 2.38. The Hall–Kier alpha value is -5.74. The lowest BCUT2D eigenvalue weighted by molar-refractivity contribution is -0.193. The summed E-state index contributed by atoms with van der Waals surface area (Å²) in [6, 6.07) is 13.4. The van der Waals surface area contributed by atoms with Gasteiger partial charge in [-0.3, -0.25) is 10.8 Å². The van der Waals surface area contributed by atoms with Gasteiger partial charge in [-0.15, -0.1) is 0 Å². The molecule has 2 aromatic rings. The second kappa shape index (κ2) is 19.2. The molecule has 14 nitrogen and oxygen atoms in total. The van der Waals surface area contributed by atoms with E-state index >= 15 is 0 Å². The molecule has 1 heterocycles. The minimum atomic E-state index is -5.08. The van der Waals surface area contributed by atoms with E-state index < -0.39 is 30.3 Å². The molecule has 2 aromatic carbocycles. The minimum Gasteiger partial charge on any atom is -0.490 e. The highest BCUT2D eigenvalue weighted by Crippen LogP contribution is 2.28. The van der Waals surface area contributed by atoms with Gasteiger partial charge in [-0.05, 0) is 49.4 Å². The molecule has 0 radical (unpaired) electrons. The van der Waals surface area contributed by atoms with Gasteiger partial charge >= 0.3 is 30.3 Å². The normalized spacial score (nSPS) is 12.8. The highest BCUT2D eigenvalue weighted by molar-refractivity contribution is 5.95. The number of carbonyl (C=O) groups is 3. The SMILES string of the molecule is CC(=N)N1CCC(Oc2ccc(C(=O)OCCOc3cc(C(=N)N)ccc3OCC#N)cc2)CC1.O=C(O)C(F)(F)F.O=C(O)C(F)(F)F. The van der Waals surface area contributed by atoms with E-state index in [0.29, 0.717) is 34.2 Å². The van der Waals surface area contributed by atoms with Crippen LogP contribution in [-0.4, -0.2) is 96.1 Å². The fraction of sp³-hybridized carbons (Fsp3) is 0.379. The number of hydrogen-bond donors (Lipinski definition) is 5. The van der Waals surface area contributed by atoms with Crippen molar-refractivity contribution in [2.75, 3.05) is 32.9 Å². The molecule has 6 N–H and O–H groups in total. The second-order valence-corrected chi connectivity index (χ2v) is 9.53. The number of esters is 1. The zero-order chi connectivity index (χ0) is 37.4. The molecular weight excluding hydrogens is 676 g/mol. The van der Waals surface area contributed by atoms with Gasteiger partial charge in [0, 0.05) is 31.5 Å². The van der Waals surface area contributed by atoms with Crippen LogP contribution < -0.4 is 19.9 Å². The molecule has 1 aliphatic rings. The Morgan fingerprint density at radius 2 is 1.41 bits per heavy atom. The summed E-state index contributed by atoms with van der Waals surface area (Å²) in [5.41, 5.74) is 6.35. The van der Waals surface area contributed by atoms with Gasteiger partial charge in [-0.1, -0.05) is 0 Å². The zero-order valence-electron chi connectivity index (χ0n) is 25.6. The van der Waals surface area contributed by atoms with Crippen LogP contribution in [0.4, 0.5) is 26.3 Å². The van der Waals surface area contributed by atoms with E-state index in [1.54, 1.807) is 43.3 Å². The first-order chi connectivity index (χ1) is 22.8. The van der Waals surface area contributed by atoms with Crippen molar-refractivity contribution in [1.82, 2.24) is 4.90 Å². The predicted molar refractivity (Wildman–Crippen MR) is 157 cm³/mol. The van der Waals surface area contributed by atoms with Crippen molar-refractivity contribution >= 4 is 29.6 Å². The Morgan fingerprint density at radius 3 is 1.86 bits per heavy atom. The Balaban J connectivity index is 0.000000717. The minimum absolute atomic E-state index is 0.00984. The summed E-state index contributed by atoms with van der Waals surface area (Å²) in [6.07, 6.45) is -8.39. The van der Waals surface area contributed by atoms with Gasteiger partial charge in [0.1, 0.15) is 37.0 Å². The van der Waals surface area contributed by atoms with Crippen LogP contribution in [0.3, 0.4) is 0 Å². The molecule has 0 atom stereocenters. The van der Waals surface area contributed by atoms with Crippen LogP contribution in [0.2, 0.25) is 0 Å². The molecule has 0 spiro atoms. The number of aliphatic carboxylic acids is 2. The summed E-state index contributed by atoms with van der Waals surface area (Å²) in [4.78, 5) is 32.2. The van der Waals surface area contributed by atoms with Gasteiger partial charge in [0.15, 0.2) is 18.1 Å². The summed E-state index contributed by atoms with van der Waals surface area (Å²) in [5.74, 6) is -4.25. The number of nitrogens with two attached hydrogens (primary N) is 1. The molecule has 1 fully saturated rings. The van der Waals surface area contributed by atoms with Crippen molar-refractivity contribution < 1.29 is 69.9 Å². The first kappa shape index (κ1) is 41.3. The first-order valence-electron chi connectivity index (χ1n) is 13.7. The fourth-order valence-electron chi connectivity index (χ4n) is 3.56. The average Bonchev–Trinajstić information content (AvgIpc) is 3.02. The standard InChI is InChI=1S/C25H29N5O5.2C2HF3O2/c1-17(27)30-11-8-21(9-12-30)35-20-5-2-18(3-6-20)25(31)34-15-14-33-23-16-19(24(28)29)4-7-22(23)32-13-10-26;2*3-2(4,5)1(6)7/h2-7,16,21,27H,8-9,11-15H2,1H3,(H3,28,29);2*(H,6,7). The van der Waals surface area contributed by atoms with E-state index in [2.05, 4.69) is 0 Å². The summed E-state index contributed by atoms with van der Waals surface area (Å²) in [5, 5.41) is 38.2. The van der Waals surface area contributed by atoms with Gasteiger partial charge in [0.25, 0.3) is 0 Å². The Morgan fingerprint density at radius 1 is 0.898 bits per heavy atom. The lowest BCUT2D eigenvalue weighted by Gasteiger charge is -2.32. The summed E-state index contributed by atoms with van der Waals surface area (Å²) < 4.78 is 85.7. The topological polar surface area (TPSA) is 229 Å². The number of halogens is 6. The number of piperidine rings is 1. The summed E-state index contributed by atoms with van der Waals surface area (Å²) in [6.45, 7) is 3.27. The Kier molecular flexibility index (Phi) is 16.2. The fourth-order valence-corrected chi connectivity index (χ4v) is 3.56. The third-order valence-corrected chi connectivity index (χ3v) is 5.92. The van der Waals surface area contributed by atoms with E-state index in [-0.39, 0.29) is 31.8 Å². The molecule has 268 valence electrons. The van der Waals surface area contributed by atoms with Gasteiger partial charge in [0.2, 0.25) is 0 Å². The number of carboxylic acid groups (broad SMARTS) is 2.